The number of aromatic nitrogens is 4. The Morgan fingerprint density at radius 3 is 2.73 bits per heavy atom. The lowest BCUT2D eigenvalue weighted by Gasteiger charge is -2.07. The number of nitriles is 1. The lowest BCUT2D eigenvalue weighted by Crippen LogP contribution is -2.10. The fourth-order valence-corrected chi connectivity index (χ4v) is 2.68. The summed E-state index contributed by atoms with van der Waals surface area (Å²) < 4.78 is 7.16. The molecule has 0 saturated carbocycles. The Balaban J connectivity index is 1.80. The molecule has 0 aliphatic carbocycles. The zero-order valence-corrected chi connectivity index (χ0v) is 13.9. The van der Waals surface area contributed by atoms with Crippen molar-refractivity contribution in [1.82, 2.24) is 19.7 Å². The van der Waals surface area contributed by atoms with Gasteiger partial charge in [0, 0.05) is 0 Å². The topological polar surface area (TPSA) is 96.6 Å². The van der Waals surface area contributed by atoms with Gasteiger partial charge in [0.1, 0.15) is 11.1 Å². The zero-order chi connectivity index (χ0) is 18.1. The van der Waals surface area contributed by atoms with Crippen LogP contribution in [-0.2, 0) is 0 Å². The van der Waals surface area contributed by atoms with Gasteiger partial charge in [-0.05, 0) is 30.3 Å². The third-order valence-corrected chi connectivity index (χ3v) is 3.98. The molecule has 0 saturated heterocycles. The number of para-hydroxylation sites is 1. The van der Waals surface area contributed by atoms with E-state index in [1.165, 1.54) is 12.3 Å². The molecule has 8 heteroatoms. The molecular weight excluding hydrogens is 354 g/mol. The second kappa shape index (κ2) is 6.35. The summed E-state index contributed by atoms with van der Waals surface area (Å²) in [6.07, 6.45) is 1.45. The minimum absolute atomic E-state index is 0.0215. The van der Waals surface area contributed by atoms with E-state index in [9.17, 15) is 4.79 Å². The molecule has 0 spiro atoms. The molecule has 0 fully saturated rings. The Bertz CT molecular complexity index is 1210. The first-order valence-electron chi connectivity index (χ1n) is 7.56. The Hall–Kier alpha value is -3.63. The number of nitrogens with one attached hydrogen (secondary N) is 1. The predicted molar refractivity (Wildman–Crippen MR) is 95.7 cm³/mol. The van der Waals surface area contributed by atoms with Gasteiger partial charge in [-0.3, -0.25) is 9.78 Å². The highest BCUT2D eigenvalue weighted by atomic mass is 35.5. The maximum absolute atomic E-state index is 12.3. The summed E-state index contributed by atoms with van der Waals surface area (Å²) in [5, 5.41) is 13.7. The van der Waals surface area contributed by atoms with Gasteiger partial charge >= 0.3 is 6.01 Å². The van der Waals surface area contributed by atoms with E-state index in [1.807, 2.05) is 36.4 Å². The molecule has 4 aromatic rings. The van der Waals surface area contributed by atoms with Crippen LogP contribution in [0.4, 0.5) is 0 Å². The molecule has 0 atom stereocenters. The van der Waals surface area contributed by atoms with Crippen molar-refractivity contribution < 1.29 is 4.74 Å². The number of benzene rings is 2. The van der Waals surface area contributed by atoms with Crippen LogP contribution >= 0.6 is 11.6 Å². The van der Waals surface area contributed by atoms with Gasteiger partial charge in [0.2, 0.25) is 0 Å². The largest absolute Gasteiger partial charge is 0.424 e. The molecule has 0 unspecified atom stereocenters. The molecule has 126 valence electrons. The van der Waals surface area contributed by atoms with Gasteiger partial charge < -0.3 is 4.74 Å². The van der Waals surface area contributed by atoms with Crippen molar-refractivity contribution in [2.75, 3.05) is 0 Å². The summed E-state index contributed by atoms with van der Waals surface area (Å²) in [7, 11) is 0. The first-order chi connectivity index (χ1) is 12.7. The molecule has 2 heterocycles. The highest BCUT2D eigenvalue weighted by molar-refractivity contribution is 6.32. The van der Waals surface area contributed by atoms with Crippen LogP contribution in [0.1, 0.15) is 5.56 Å². The summed E-state index contributed by atoms with van der Waals surface area (Å²) >= 11 is 6.11. The van der Waals surface area contributed by atoms with E-state index in [4.69, 9.17) is 21.6 Å². The molecule has 2 aromatic carbocycles. The number of aromatic amines is 1. The molecule has 7 nitrogen and oxygen atoms in total. The van der Waals surface area contributed by atoms with Gasteiger partial charge in [0.15, 0.2) is 5.65 Å². The quantitative estimate of drug-likeness (QED) is 0.601. The SMILES string of the molecule is N#Cc1ccc(Oc2nc3c(cnn3-c3ccccc3)c(=O)[nH]2)c(Cl)c1. The van der Waals surface area contributed by atoms with Crippen LogP contribution < -0.4 is 10.3 Å². The van der Waals surface area contributed by atoms with Crippen molar-refractivity contribution in [3.63, 3.8) is 0 Å². The number of fused-ring (bicyclic) bond motifs is 1. The molecule has 2 aromatic heterocycles. The van der Waals surface area contributed by atoms with E-state index in [0.29, 0.717) is 16.6 Å². The van der Waals surface area contributed by atoms with Gasteiger partial charge in [-0.25, -0.2) is 4.68 Å². The van der Waals surface area contributed by atoms with Crippen LogP contribution in [0.2, 0.25) is 5.02 Å². The zero-order valence-electron chi connectivity index (χ0n) is 13.2. The Labute approximate surface area is 152 Å². The van der Waals surface area contributed by atoms with Crippen LogP contribution in [0.15, 0.2) is 59.5 Å². The van der Waals surface area contributed by atoms with E-state index >= 15 is 0 Å². The minimum atomic E-state index is -0.378. The maximum Gasteiger partial charge on any atom is 0.304 e. The molecule has 4 rings (SSSR count). The summed E-state index contributed by atoms with van der Waals surface area (Å²) in [4.78, 5) is 19.2. The third-order valence-electron chi connectivity index (χ3n) is 3.68. The molecule has 0 radical (unpaired) electrons. The highest BCUT2D eigenvalue weighted by Crippen LogP contribution is 2.28. The number of hydrogen-bond donors (Lipinski definition) is 1. The summed E-state index contributed by atoms with van der Waals surface area (Å²) in [5.74, 6) is 0.277. The lowest BCUT2D eigenvalue weighted by atomic mass is 10.2. The van der Waals surface area contributed by atoms with E-state index < -0.39 is 0 Å². The fourth-order valence-electron chi connectivity index (χ4n) is 2.46. The molecule has 0 amide bonds. The molecule has 0 aliphatic heterocycles. The summed E-state index contributed by atoms with van der Waals surface area (Å²) in [6, 6.07) is 15.9. The molecule has 0 bridgehead atoms. The number of rotatable bonds is 3. The Morgan fingerprint density at radius 2 is 2.00 bits per heavy atom. The number of ether oxygens (including phenoxy) is 1. The van der Waals surface area contributed by atoms with Gasteiger partial charge in [-0.1, -0.05) is 29.8 Å². The van der Waals surface area contributed by atoms with E-state index in [2.05, 4.69) is 15.1 Å². The van der Waals surface area contributed by atoms with Crippen LogP contribution in [0.3, 0.4) is 0 Å². The van der Waals surface area contributed by atoms with E-state index in [0.717, 1.165) is 5.69 Å². The smallest absolute Gasteiger partial charge is 0.304 e. The van der Waals surface area contributed by atoms with Crippen LogP contribution in [0, 0.1) is 11.3 Å². The van der Waals surface area contributed by atoms with Crippen molar-refractivity contribution in [3.8, 4) is 23.5 Å². The maximum atomic E-state index is 12.3. The van der Waals surface area contributed by atoms with Gasteiger partial charge in [0.25, 0.3) is 5.56 Å². The summed E-state index contributed by atoms with van der Waals surface area (Å²) in [5.41, 5.74) is 1.15. The minimum Gasteiger partial charge on any atom is -0.424 e. The van der Waals surface area contributed by atoms with Crippen molar-refractivity contribution >= 4 is 22.6 Å². The third kappa shape index (κ3) is 2.79. The molecule has 1 N–H and O–H groups in total. The first-order valence-corrected chi connectivity index (χ1v) is 7.94. The first kappa shape index (κ1) is 15.9. The lowest BCUT2D eigenvalue weighted by molar-refractivity contribution is 0.442. The average molecular weight is 364 g/mol. The van der Waals surface area contributed by atoms with Gasteiger partial charge in [-0.2, -0.15) is 15.3 Å². The molecule has 26 heavy (non-hydrogen) atoms. The molecule has 0 aliphatic rings. The highest BCUT2D eigenvalue weighted by Gasteiger charge is 2.13. The Morgan fingerprint density at radius 1 is 1.19 bits per heavy atom. The summed E-state index contributed by atoms with van der Waals surface area (Å²) in [6.45, 7) is 0. The van der Waals surface area contributed by atoms with Crippen LogP contribution in [0.25, 0.3) is 16.7 Å². The second-order valence-corrected chi connectivity index (χ2v) is 5.77. The normalized spacial score (nSPS) is 10.6. The van der Waals surface area contributed by atoms with Crippen LogP contribution in [-0.4, -0.2) is 19.7 Å². The van der Waals surface area contributed by atoms with Crippen molar-refractivity contribution in [1.29, 1.82) is 5.26 Å². The van der Waals surface area contributed by atoms with Crippen molar-refractivity contribution in [2.45, 2.75) is 0 Å². The second-order valence-electron chi connectivity index (χ2n) is 5.36. The predicted octanol–water partition coefficient (Wildman–Crippen LogP) is 3.43. The number of H-pyrrole nitrogens is 1. The van der Waals surface area contributed by atoms with Gasteiger partial charge in [-0.15, -0.1) is 0 Å². The van der Waals surface area contributed by atoms with Crippen molar-refractivity contribution in [3.05, 3.63) is 75.7 Å². The van der Waals surface area contributed by atoms with Crippen molar-refractivity contribution in [2.24, 2.45) is 0 Å². The molecular formula is C18H10ClN5O2. The fraction of sp³-hybridized carbons (Fsp3) is 0. The Kier molecular flexibility index (Phi) is 3.88. The van der Waals surface area contributed by atoms with Crippen LogP contribution in [0.5, 0.6) is 11.8 Å². The average Bonchev–Trinajstić information content (AvgIpc) is 3.08. The standard InChI is InChI=1S/C18H10ClN5O2/c19-14-8-11(9-20)6-7-15(14)26-18-22-16-13(17(25)23-18)10-21-24(16)12-4-2-1-3-5-12/h1-8,10H,(H,22,23,25). The number of nitrogens with zero attached hydrogens (tertiary/aromatic N) is 4. The van der Waals surface area contributed by atoms with E-state index in [-0.39, 0.29) is 22.3 Å². The number of halogens is 1. The van der Waals surface area contributed by atoms with E-state index in [1.54, 1.807) is 16.8 Å². The van der Waals surface area contributed by atoms with Gasteiger partial charge in [0.05, 0.1) is 28.5 Å². The monoisotopic (exact) mass is 363 g/mol. The number of hydrogen-bond acceptors (Lipinski definition) is 5.